The van der Waals surface area contributed by atoms with E-state index in [0.717, 1.165) is 19.4 Å². The SMILES string of the molecule is CC(=O)O/N=C/C1=NON(O)C1/C=N/OC(C)=O. The number of hydrogen-bond donors (Lipinski definition) is 1. The molecule has 10 heteroatoms. The van der Waals surface area contributed by atoms with E-state index in [2.05, 4.69) is 30.1 Å². The minimum atomic E-state index is -0.941. The van der Waals surface area contributed by atoms with E-state index in [1.54, 1.807) is 0 Å². The summed E-state index contributed by atoms with van der Waals surface area (Å²) >= 11 is 0. The van der Waals surface area contributed by atoms with Gasteiger partial charge in [0.15, 0.2) is 6.04 Å². The first-order valence-electron chi connectivity index (χ1n) is 4.66. The van der Waals surface area contributed by atoms with Crippen LogP contribution in [0.1, 0.15) is 13.8 Å². The third-order valence-electron chi connectivity index (χ3n) is 1.52. The van der Waals surface area contributed by atoms with E-state index in [1.807, 2.05) is 0 Å². The van der Waals surface area contributed by atoms with Crippen LogP contribution in [0.3, 0.4) is 0 Å². The zero-order chi connectivity index (χ0) is 13.5. The number of nitrogens with zero attached hydrogens (tertiary/aromatic N) is 4. The van der Waals surface area contributed by atoms with E-state index in [9.17, 15) is 14.8 Å². The fourth-order valence-electron chi connectivity index (χ4n) is 0.857. The van der Waals surface area contributed by atoms with E-state index in [1.165, 1.54) is 6.92 Å². The van der Waals surface area contributed by atoms with E-state index in [0.29, 0.717) is 5.23 Å². The van der Waals surface area contributed by atoms with Crippen molar-refractivity contribution in [3.63, 3.8) is 0 Å². The van der Waals surface area contributed by atoms with Gasteiger partial charge >= 0.3 is 11.9 Å². The number of rotatable bonds is 4. The molecule has 18 heavy (non-hydrogen) atoms. The molecule has 0 aromatic heterocycles. The first-order chi connectivity index (χ1) is 8.50. The van der Waals surface area contributed by atoms with Gasteiger partial charge in [-0.25, -0.2) is 9.59 Å². The van der Waals surface area contributed by atoms with Crippen molar-refractivity contribution in [1.29, 1.82) is 0 Å². The maximum absolute atomic E-state index is 10.5. The van der Waals surface area contributed by atoms with Gasteiger partial charge in [0.25, 0.3) is 0 Å². The Balaban J connectivity index is 2.61. The fraction of sp³-hybridized carbons (Fsp3) is 0.375. The molecule has 0 fully saturated rings. The van der Waals surface area contributed by atoms with Crippen molar-refractivity contribution in [2.75, 3.05) is 0 Å². The van der Waals surface area contributed by atoms with Crippen LogP contribution < -0.4 is 0 Å². The summed E-state index contributed by atoms with van der Waals surface area (Å²) in [4.78, 5) is 33.9. The zero-order valence-corrected chi connectivity index (χ0v) is 9.51. The van der Waals surface area contributed by atoms with Crippen molar-refractivity contribution in [2.45, 2.75) is 19.9 Å². The first-order valence-corrected chi connectivity index (χ1v) is 4.66. The summed E-state index contributed by atoms with van der Waals surface area (Å²) in [6.45, 7) is 2.33. The van der Waals surface area contributed by atoms with Crippen molar-refractivity contribution >= 4 is 30.1 Å². The van der Waals surface area contributed by atoms with Crippen LogP contribution in [0.25, 0.3) is 0 Å². The molecule has 0 aromatic carbocycles. The molecule has 1 unspecified atom stereocenters. The standard InChI is InChI=1S/C8H10N4O6/c1-5(13)16-9-3-7-8(12(15)18-11-7)4-10-17-6(2)14/h3-4,8,15H,1-2H3/b9-3+,10-4+. The lowest BCUT2D eigenvalue weighted by Gasteiger charge is -2.07. The second-order valence-corrected chi connectivity index (χ2v) is 3.00. The molecule has 0 aromatic rings. The number of oxime groups is 3. The molecule has 1 N–H and O–H groups in total. The normalized spacial score (nSPS) is 19.9. The van der Waals surface area contributed by atoms with Crippen LogP contribution in [0.5, 0.6) is 0 Å². The highest BCUT2D eigenvalue weighted by atomic mass is 17.0. The molecule has 1 heterocycles. The van der Waals surface area contributed by atoms with Crippen molar-refractivity contribution < 1.29 is 29.4 Å². The molecule has 0 spiro atoms. The molecule has 1 aliphatic rings. The Morgan fingerprint density at radius 1 is 1.39 bits per heavy atom. The largest absolute Gasteiger partial charge is 0.331 e. The summed E-state index contributed by atoms with van der Waals surface area (Å²) in [6.07, 6.45) is 2.09. The predicted octanol–water partition coefficient (Wildman–Crippen LogP) is -0.555. The minimum absolute atomic E-state index is 0.0923. The Hall–Kier alpha value is -2.33. The Morgan fingerprint density at radius 3 is 2.61 bits per heavy atom. The number of hydroxylamine groups is 2. The van der Waals surface area contributed by atoms with Crippen LogP contribution in [0.2, 0.25) is 0 Å². The lowest BCUT2D eigenvalue weighted by atomic mass is 10.2. The molecule has 0 radical (unpaired) electrons. The van der Waals surface area contributed by atoms with Gasteiger partial charge in [-0.1, -0.05) is 15.5 Å². The van der Waals surface area contributed by atoms with Gasteiger partial charge in [0.05, 0.1) is 12.4 Å². The first kappa shape index (κ1) is 13.7. The van der Waals surface area contributed by atoms with Gasteiger partial charge in [-0.05, 0) is 0 Å². The molecule has 98 valence electrons. The quantitative estimate of drug-likeness (QED) is 0.407. The Morgan fingerprint density at radius 2 is 2.00 bits per heavy atom. The smallest absolute Gasteiger partial charge is 0.319 e. The van der Waals surface area contributed by atoms with Crippen molar-refractivity contribution in [3.8, 4) is 0 Å². The van der Waals surface area contributed by atoms with Gasteiger partial charge < -0.3 is 9.68 Å². The van der Waals surface area contributed by atoms with Gasteiger partial charge in [0.2, 0.25) is 0 Å². The Labute approximate surface area is 101 Å². The van der Waals surface area contributed by atoms with Gasteiger partial charge in [-0.2, -0.15) is 0 Å². The van der Waals surface area contributed by atoms with Crippen molar-refractivity contribution in [1.82, 2.24) is 5.23 Å². The molecule has 0 saturated heterocycles. The van der Waals surface area contributed by atoms with Crippen LogP contribution in [0.4, 0.5) is 0 Å². The lowest BCUT2D eigenvalue weighted by Crippen LogP contribution is -2.34. The highest BCUT2D eigenvalue weighted by Crippen LogP contribution is 2.06. The molecule has 0 amide bonds. The summed E-state index contributed by atoms with van der Waals surface area (Å²) in [7, 11) is 0. The fourth-order valence-corrected chi connectivity index (χ4v) is 0.857. The second kappa shape index (κ2) is 6.42. The molecule has 0 aliphatic carbocycles. The molecule has 10 nitrogen and oxygen atoms in total. The van der Waals surface area contributed by atoms with E-state index < -0.39 is 18.0 Å². The van der Waals surface area contributed by atoms with Gasteiger partial charge in [0.1, 0.15) is 5.71 Å². The Bertz CT molecular complexity index is 418. The number of hydrogen-bond acceptors (Lipinski definition) is 10. The molecule has 1 rings (SSSR count). The third-order valence-corrected chi connectivity index (χ3v) is 1.52. The lowest BCUT2D eigenvalue weighted by molar-refractivity contribution is -0.329. The molecular formula is C8H10N4O6. The van der Waals surface area contributed by atoms with Crippen LogP contribution in [-0.4, -0.2) is 46.6 Å². The highest BCUT2D eigenvalue weighted by molar-refractivity contribution is 6.36. The molecular weight excluding hydrogens is 248 g/mol. The van der Waals surface area contributed by atoms with Gasteiger partial charge in [-0.15, -0.1) is 0 Å². The maximum atomic E-state index is 10.5. The maximum Gasteiger partial charge on any atom is 0.331 e. The molecule has 1 atom stereocenters. The summed E-state index contributed by atoms with van der Waals surface area (Å²) in [6, 6.07) is -0.941. The Kier molecular flexibility index (Phi) is 4.90. The van der Waals surface area contributed by atoms with Gasteiger partial charge in [0, 0.05) is 19.1 Å². The van der Waals surface area contributed by atoms with Crippen molar-refractivity contribution in [2.24, 2.45) is 15.5 Å². The summed E-state index contributed by atoms with van der Waals surface area (Å²) < 4.78 is 0. The monoisotopic (exact) mass is 258 g/mol. The van der Waals surface area contributed by atoms with E-state index in [4.69, 9.17) is 0 Å². The van der Waals surface area contributed by atoms with E-state index >= 15 is 0 Å². The number of carbonyl (C=O) groups excluding carboxylic acids is 2. The number of carbonyl (C=O) groups is 2. The topological polar surface area (TPSA) is 122 Å². The van der Waals surface area contributed by atoms with Crippen LogP contribution in [-0.2, 0) is 24.2 Å². The highest BCUT2D eigenvalue weighted by Gasteiger charge is 2.29. The zero-order valence-electron chi connectivity index (χ0n) is 9.51. The van der Waals surface area contributed by atoms with Crippen LogP contribution in [0.15, 0.2) is 15.5 Å². The molecule has 0 bridgehead atoms. The van der Waals surface area contributed by atoms with Crippen LogP contribution >= 0.6 is 0 Å². The van der Waals surface area contributed by atoms with Gasteiger partial charge in [-0.3, -0.25) is 10.1 Å². The predicted molar refractivity (Wildman–Crippen MR) is 56.4 cm³/mol. The average molecular weight is 258 g/mol. The average Bonchev–Trinajstić information content (AvgIpc) is 2.60. The van der Waals surface area contributed by atoms with Crippen LogP contribution in [0, 0.1) is 0 Å². The summed E-state index contributed by atoms with van der Waals surface area (Å²) in [5.74, 6) is -1.24. The summed E-state index contributed by atoms with van der Waals surface area (Å²) in [5.41, 5.74) is 0.0923. The van der Waals surface area contributed by atoms with E-state index in [-0.39, 0.29) is 5.71 Å². The molecule has 1 aliphatic heterocycles. The van der Waals surface area contributed by atoms with Crippen molar-refractivity contribution in [3.05, 3.63) is 0 Å². The second-order valence-electron chi connectivity index (χ2n) is 3.00. The summed E-state index contributed by atoms with van der Waals surface area (Å²) in [5, 5.41) is 19.6. The minimum Gasteiger partial charge on any atom is -0.319 e. The third kappa shape index (κ3) is 4.27. The molecule has 0 saturated carbocycles.